The molecule has 2 heterocycles. The van der Waals surface area contributed by atoms with Gasteiger partial charge in [0, 0.05) is 46.0 Å². The van der Waals surface area contributed by atoms with E-state index in [0.717, 1.165) is 0 Å². The maximum Gasteiger partial charge on any atom is 0.241 e. The molecule has 27 heavy (non-hydrogen) atoms. The lowest BCUT2D eigenvalue weighted by Gasteiger charge is -2.32. The highest BCUT2D eigenvalue weighted by Crippen LogP contribution is 2.21. The van der Waals surface area contributed by atoms with E-state index in [0.29, 0.717) is 37.5 Å². The third kappa shape index (κ3) is 5.81. The summed E-state index contributed by atoms with van der Waals surface area (Å²) >= 11 is 0. The zero-order chi connectivity index (χ0) is 20.0. The average Bonchev–Trinajstić information content (AvgIpc) is 2.66. The minimum absolute atomic E-state index is 0.0120. The van der Waals surface area contributed by atoms with E-state index < -0.39 is 10.0 Å². The fraction of sp³-hybridized carbons (Fsp3) is 0.588. The van der Waals surface area contributed by atoms with Crippen molar-refractivity contribution >= 4 is 27.5 Å². The Morgan fingerprint density at radius 2 is 2.00 bits per heavy atom. The zero-order valence-corrected chi connectivity index (χ0v) is 16.7. The van der Waals surface area contributed by atoms with Gasteiger partial charge in [0.25, 0.3) is 0 Å². The van der Waals surface area contributed by atoms with Gasteiger partial charge in [0.2, 0.25) is 27.7 Å². The van der Waals surface area contributed by atoms with Crippen LogP contribution in [-0.2, 0) is 19.6 Å². The summed E-state index contributed by atoms with van der Waals surface area (Å²) in [5, 5.41) is 2.50. The van der Waals surface area contributed by atoms with Crippen molar-refractivity contribution < 1.29 is 22.7 Å². The molecule has 1 aliphatic rings. The highest BCUT2D eigenvalue weighted by atomic mass is 32.2. The lowest BCUT2D eigenvalue weighted by Crippen LogP contribution is -2.45. The minimum Gasteiger partial charge on any atom is -0.474 e. The SMILES string of the molecule is CCS(=O)(=O)N(C)c1ccc(OC2CCN(C(=O)CNC(C)=O)CC2)nc1. The van der Waals surface area contributed by atoms with Crippen molar-refractivity contribution in [2.24, 2.45) is 0 Å². The minimum atomic E-state index is -3.33. The number of sulfonamides is 1. The van der Waals surface area contributed by atoms with Crippen LogP contribution in [0.5, 0.6) is 5.88 Å². The highest BCUT2D eigenvalue weighted by molar-refractivity contribution is 7.92. The Bertz CT molecular complexity index is 758. The van der Waals surface area contributed by atoms with Crippen molar-refractivity contribution in [1.29, 1.82) is 0 Å². The summed E-state index contributed by atoms with van der Waals surface area (Å²) in [5.74, 6) is 0.102. The topological polar surface area (TPSA) is 109 Å². The predicted molar refractivity (Wildman–Crippen MR) is 101 cm³/mol. The maximum absolute atomic E-state index is 12.0. The smallest absolute Gasteiger partial charge is 0.241 e. The molecule has 1 fully saturated rings. The van der Waals surface area contributed by atoms with E-state index in [2.05, 4.69) is 10.3 Å². The van der Waals surface area contributed by atoms with E-state index in [1.807, 2.05) is 0 Å². The summed E-state index contributed by atoms with van der Waals surface area (Å²) in [6, 6.07) is 3.30. The number of nitrogens with zero attached hydrogens (tertiary/aromatic N) is 3. The van der Waals surface area contributed by atoms with Crippen molar-refractivity contribution in [1.82, 2.24) is 15.2 Å². The molecule has 0 aliphatic carbocycles. The molecule has 0 spiro atoms. The number of rotatable bonds is 7. The Hall–Kier alpha value is -2.36. The quantitative estimate of drug-likeness (QED) is 0.711. The number of carbonyl (C=O) groups excluding carboxylic acids is 2. The fourth-order valence-electron chi connectivity index (χ4n) is 2.69. The van der Waals surface area contributed by atoms with Crippen LogP contribution in [0.4, 0.5) is 5.69 Å². The first-order valence-corrected chi connectivity index (χ1v) is 10.5. The molecule has 10 heteroatoms. The molecule has 1 N–H and O–H groups in total. The average molecular weight is 398 g/mol. The lowest BCUT2D eigenvalue weighted by atomic mass is 10.1. The van der Waals surface area contributed by atoms with Crippen molar-refractivity contribution in [3.63, 3.8) is 0 Å². The standard InChI is InChI=1S/C17H26N4O5S/c1-4-27(24,25)20(3)14-5-6-16(19-11-14)26-15-7-9-21(10-8-15)17(23)12-18-13(2)22/h5-6,11,15H,4,7-10,12H2,1-3H3,(H,18,22). The first kappa shape index (κ1) is 20.9. The molecular weight excluding hydrogens is 372 g/mol. The second-order valence-electron chi connectivity index (χ2n) is 6.33. The molecule has 0 unspecified atom stereocenters. The van der Waals surface area contributed by atoms with Gasteiger partial charge in [-0.1, -0.05) is 0 Å². The molecule has 150 valence electrons. The van der Waals surface area contributed by atoms with Gasteiger partial charge in [-0.05, 0) is 13.0 Å². The third-order valence-corrected chi connectivity index (χ3v) is 6.21. The summed E-state index contributed by atoms with van der Waals surface area (Å²) in [5.41, 5.74) is 0.475. The molecule has 9 nitrogen and oxygen atoms in total. The van der Waals surface area contributed by atoms with Gasteiger partial charge in [0.15, 0.2) is 0 Å². The molecule has 2 rings (SSSR count). The molecule has 1 aromatic rings. The van der Waals surface area contributed by atoms with Crippen LogP contribution >= 0.6 is 0 Å². The van der Waals surface area contributed by atoms with Gasteiger partial charge in [0.05, 0.1) is 24.2 Å². The molecule has 1 aliphatic heterocycles. The van der Waals surface area contributed by atoms with Crippen molar-refractivity contribution in [2.75, 3.05) is 36.7 Å². The Kier molecular flexibility index (Phi) is 7.00. The Balaban J connectivity index is 1.85. The summed E-state index contributed by atoms with van der Waals surface area (Å²) < 4.78 is 30.8. The van der Waals surface area contributed by atoms with Gasteiger partial charge in [-0.25, -0.2) is 13.4 Å². The largest absolute Gasteiger partial charge is 0.474 e. The number of hydrogen-bond donors (Lipinski definition) is 1. The van der Waals surface area contributed by atoms with Gasteiger partial charge in [-0.15, -0.1) is 0 Å². The van der Waals surface area contributed by atoms with Gasteiger partial charge >= 0.3 is 0 Å². The molecule has 1 aromatic heterocycles. The summed E-state index contributed by atoms with van der Waals surface area (Å²) in [7, 11) is -1.84. The molecular formula is C17H26N4O5S. The predicted octanol–water partition coefficient (Wildman–Crippen LogP) is 0.373. The number of carbonyl (C=O) groups is 2. The van der Waals surface area contributed by atoms with Gasteiger partial charge in [-0.2, -0.15) is 0 Å². The van der Waals surface area contributed by atoms with Crippen molar-refractivity contribution in [2.45, 2.75) is 32.8 Å². The van der Waals surface area contributed by atoms with Crippen molar-refractivity contribution in [3.8, 4) is 5.88 Å². The van der Waals surface area contributed by atoms with Crippen molar-refractivity contribution in [3.05, 3.63) is 18.3 Å². The summed E-state index contributed by atoms with van der Waals surface area (Å²) in [6.45, 7) is 4.08. The van der Waals surface area contributed by atoms with Gasteiger partial charge in [-0.3, -0.25) is 13.9 Å². The van der Waals surface area contributed by atoms with E-state index in [4.69, 9.17) is 4.74 Å². The monoisotopic (exact) mass is 398 g/mol. The second-order valence-corrected chi connectivity index (χ2v) is 8.62. The van der Waals surface area contributed by atoms with E-state index in [9.17, 15) is 18.0 Å². The normalized spacial score (nSPS) is 15.3. The first-order chi connectivity index (χ1) is 12.7. The van der Waals surface area contributed by atoms with Crippen LogP contribution in [0.15, 0.2) is 18.3 Å². The van der Waals surface area contributed by atoms with E-state index in [-0.39, 0.29) is 30.2 Å². The van der Waals surface area contributed by atoms with E-state index in [1.54, 1.807) is 24.0 Å². The number of nitrogens with one attached hydrogen (secondary N) is 1. The molecule has 0 aromatic carbocycles. The molecule has 2 amide bonds. The van der Waals surface area contributed by atoms with Crippen LogP contribution in [0.3, 0.4) is 0 Å². The number of likely N-dealkylation sites (tertiary alicyclic amines) is 1. The van der Waals surface area contributed by atoms with Gasteiger partial charge in [0.1, 0.15) is 6.10 Å². The second kappa shape index (κ2) is 9.03. The van der Waals surface area contributed by atoms with Crippen LogP contribution in [0.2, 0.25) is 0 Å². The molecule has 0 atom stereocenters. The first-order valence-electron chi connectivity index (χ1n) is 8.84. The number of anilines is 1. The number of piperidine rings is 1. The lowest BCUT2D eigenvalue weighted by molar-refractivity contribution is -0.134. The summed E-state index contributed by atoms with van der Waals surface area (Å²) in [4.78, 5) is 28.8. The Labute approximate surface area is 159 Å². The van der Waals surface area contributed by atoms with Crippen LogP contribution in [0.1, 0.15) is 26.7 Å². The number of aromatic nitrogens is 1. The molecule has 0 saturated carbocycles. The Morgan fingerprint density at radius 1 is 1.33 bits per heavy atom. The highest BCUT2D eigenvalue weighted by Gasteiger charge is 2.24. The molecule has 0 radical (unpaired) electrons. The zero-order valence-electron chi connectivity index (χ0n) is 15.8. The number of ether oxygens (including phenoxy) is 1. The molecule has 0 bridgehead atoms. The summed E-state index contributed by atoms with van der Waals surface area (Å²) in [6.07, 6.45) is 2.73. The van der Waals surface area contributed by atoms with E-state index >= 15 is 0 Å². The fourth-order valence-corrected chi connectivity index (χ4v) is 3.50. The molecule has 1 saturated heterocycles. The number of hydrogen-bond acceptors (Lipinski definition) is 6. The maximum atomic E-state index is 12.0. The van der Waals surface area contributed by atoms with Crippen LogP contribution in [0.25, 0.3) is 0 Å². The van der Waals surface area contributed by atoms with Gasteiger partial charge < -0.3 is 15.0 Å². The van der Waals surface area contributed by atoms with Crippen LogP contribution in [-0.4, -0.2) is 68.7 Å². The number of pyridine rings is 1. The van der Waals surface area contributed by atoms with E-state index in [1.165, 1.54) is 24.5 Å². The number of amides is 2. The van der Waals surface area contributed by atoms with Crippen LogP contribution < -0.4 is 14.4 Å². The third-order valence-electron chi connectivity index (χ3n) is 4.44. The van der Waals surface area contributed by atoms with Crippen LogP contribution in [0, 0.1) is 0 Å². The Morgan fingerprint density at radius 3 is 2.52 bits per heavy atom.